The van der Waals surface area contributed by atoms with Gasteiger partial charge in [0, 0.05) is 20.8 Å². The normalized spacial score (nSPS) is 14.2. The Bertz CT molecular complexity index is 354. The predicted molar refractivity (Wildman–Crippen MR) is 84.0 cm³/mol. The van der Waals surface area contributed by atoms with E-state index < -0.39 is 23.9 Å². The summed E-state index contributed by atoms with van der Waals surface area (Å²) in [6.07, 6.45) is -1.94. The fourth-order valence-corrected chi connectivity index (χ4v) is 1.62. The van der Waals surface area contributed by atoms with E-state index in [0.717, 1.165) is 0 Å². The average molecular weight is 335 g/mol. The van der Waals surface area contributed by atoms with Gasteiger partial charge in [0.2, 0.25) is 0 Å². The quantitative estimate of drug-likeness (QED) is 0.430. The number of carbonyl (C=O) groups is 1. The van der Waals surface area contributed by atoms with Crippen molar-refractivity contribution in [2.45, 2.75) is 38.6 Å². The Kier molecular flexibility index (Phi) is 10.8. The lowest BCUT2D eigenvalue weighted by Crippen LogP contribution is -2.41. The van der Waals surface area contributed by atoms with Gasteiger partial charge >= 0.3 is 6.09 Å². The van der Waals surface area contributed by atoms with E-state index in [4.69, 9.17) is 23.7 Å². The Morgan fingerprint density at radius 2 is 1.74 bits per heavy atom. The van der Waals surface area contributed by atoms with E-state index in [1.807, 2.05) is 0 Å². The number of amides is 1. The highest BCUT2D eigenvalue weighted by Gasteiger charge is 2.26. The fraction of sp³-hybridized carbons (Fsp3) is 0.800. The summed E-state index contributed by atoms with van der Waals surface area (Å²) < 4.78 is 25.7. The van der Waals surface area contributed by atoms with Crippen LogP contribution >= 0.6 is 0 Å². The molecule has 23 heavy (non-hydrogen) atoms. The van der Waals surface area contributed by atoms with Crippen molar-refractivity contribution < 1.29 is 33.6 Å². The van der Waals surface area contributed by atoms with Gasteiger partial charge in [0.25, 0.3) is 0 Å². The third-order valence-corrected chi connectivity index (χ3v) is 2.54. The van der Waals surface area contributed by atoms with E-state index in [9.17, 15) is 9.90 Å². The van der Waals surface area contributed by atoms with E-state index in [1.54, 1.807) is 20.8 Å². The lowest BCUT2D eigenvalue weighted by molar-refractivity contribution is -0.156. The highest BCUT2D eigenvalue weighted by atomic mass is 16.7. The number of aliphatic hydroxyl groups is 1. The van der Waals surface area contributed by atoms with Crippen LogP contribution in [0, 0.1) is 0 Å². The number of hydrogen-bond donors (Lipinski definition) is 2. The summed E-state index contributed by atoms with van der Waals surface area (Å²) in [5.41, 5.74) is -0.0879. The summed E-state index contributed by atoms with van der Waals surface area (Å²) in [4.78, 5) is 11.7. The summed E-state index contributed by atoms with van der Waals surface area (Å²) in [6.45, 7) is 8.97. The lowest BCUT2D eigenvalue weighted by atomic mass is 10.1. The van der Waals surface area contributed by atoms with Crippen LogP contribution in [-0.2, 0) is 23.7 Å². The molecular weight excluding hydrogens is 306 g/mol. The van der Waals surface area contributed by atoms with Crippen molar-refractivity contribution in [3.05, 3.63) is 12.2 Å². The Balaban J connectivity index is 4.63. The molecule has 0 aliphatic heterocycles. The second-order valence-corrected chi connectivity index (χ2v) is 5.80. The Morgan fingerprint density at radius 1 is 1.17 bits per heavy atom. The zero-order chi connectivity index (χ0) is 17.9. The minimum atomic E-state index is -0.696. The fourth-order valence-electron chi connectivity index (χ4n) is 1.62. The van der Waals surface area contributed by atoms with E-state index in [2.05, 4.69) is 11.9 Å². The van der Waals surface area contributed by atoms with Gasteiger partial charge in [-0.1, -0.05) is 6.58 Å². The summed E-state index contributed by atoms with van der Waals surface area (Å²) in [5, 5.41) is 12.0. The summed E-state index contributed by atoms with van der Waals surface area (Å²) in [6, 6.07) is 0. The van der Waals surface area contributed by atoms with Crippen molar-refractivity contribution in [1.82, 2.24) is 5.32 Å². The van der Waals surface area contributed by atoms with Crippen molar-refractivity contribution in [2.24, 2.45) is 0 Å². The summed E-state index contributed by atoms with van der Waals surface area (Å²) in [7, 11) is 2.95. The molecule has 0 aliphatic carbocycles. The van der Waals surface area contributed by atoms with Crippen LogP contribution in [0.2, 0.25) is 0 Å². The van der Waals surface area contributed by atoms with Gasteiger partial charge in [0.15, 0.2) is 0 Å². The van der Waals surface area contributed by atoms with Crippen molar-refractivity contribution in [1.29, 1.82) is 0 Å². The largest absolute Gasteiger partial charge is 0.444 e. The first-order valence-corrected chi connectivity index (χ1v) is 7.21. The van der Waals surface area contributed by atoms with Gasteiger partial charge in [-0.2, -0.15) is 0 Å². The maximum Gasteiger partial charge on any atom is 0.407 e. The Labute approximate surface area is 137 Å². The number of aliphatic hydroxyl groups excluding tert-OH is 1. The molecule has 0 aromatic heterocycles. The second-order valence-electron chi connectivity index (χ2n) is 5.80. The van der Waals surface area contributed by atoms with Gasteiger partial charge in [0.05, 0.1) is 6.61 Å². The van der Waals surface area contributed by atoms with Crippen LogP contribution in [0.4, 0.5) is 4.79 Å². The van der Waals surface area contributed by atoms with Crippen LogP contribution in [0.3, 0.4) is 0 Å². The topological polar surface area (TPSA) is 95.5 Å². The first-order chi connectivity index (χ1) is 10.7. The number of alkyl carbamates (subject to hydrolysis) is 1. The standard InChI is InChI=1S/C15H29NO7/c1-11(7-16-14(18)23-15(2,3)4)13(22-10-20-6)12(8-17)21-9-19-5/h12-13,17H,1,7-10H2,2-6H3,(H,16,18)/t12-,13-/m1/s1. The zero-order valence-electron chi connectivity index (χ0n) is 14.6. The number of methoxy groups -OCH3 is 2. The zero-order valence-corrected chi connectivity index (χ0v) is 14.6. The molecule has 1 amide bonds. The molecule has 2 atom stereocenters. The Morgan fingerprint density at radius 3 is 2.22 bits per heavy atom. The molecule has 0 aromatic carbocycles. The molecule has 0 saturated heterocycles. The molecule has 0 aromatic rings. The van der Waals surface area contributed by atoms with Crippen LogP contribution in [0.1, 0.15) is 20.8 Å². The molecular formula is C15H29NO7. The van der Waals surface area contributed by atoms with Gasteiger partial charge in [-0.25, -0.2) is 4.79 Å². The third-order valence-electron chi connectivity index (χ3n) is 2.54. The van der Waals surface area contributed by atoms with Crippen molar-refractivity contribution >= 4 is 6.09 Å². The maximum atomic E-state index is 11.7. The lowest BCUT2D eigenvalue weighted by Gasteiger charge is -2.27. The maximum absolute atomic E-state index is 11.7. The van der Waals surface area contributed by atoms with Crippen molar-refractivity contribution in [3.8, 4) is 0 Å². The first kappa shape index (κ1) is 21.8. The van der Waals surface area contributed by atoms with E-state index in [-0.39, 0.29) is 26.7 Å². The van der Waals surface area contributed by atoms with Gasteiger partial charge in [-0.15, -0.1) is 0 Å². The highest BCUT2D eigenvalue weighted by molar-refractivity contribution is 5.68. The van der Waals surface area contributed by atoms with E-state index in [1.165, 1.54) is 14.2 Å². The number of carbonyl (C=O) groups excluding carboxylic acids is 1. The molecule has 8 nitrogen and oxygen atoms in total. The summed E-state index contributed by atoms with van der Waals surface area (Å²) in [5.74, 6) is 0. The van der Waals surface area contributed by atoms with E-state index in [0.29, 0.717) is 5.57 Å². The van der Waals surface area contributed by atoms with Crippen LogP contribution in [0.5, 0.6) is 0 Å². The summed E-state index contributed by atoms with van der Waals surface area (Å²) >= 11 is 0. The molecule has 0 rings (SSSR count). The molecule has 8 heteroatoms. The van der Waals surface area contributed by atoms with Gasteiger partial charge in [0.1, 0.15) is 31.4 Å². The van der Waals surface area contributed by atoms with Crippen LogP contribution < -0.4 is 5.32 Å². The van der Waals surface area contributed by atoms with Crippen LogP contribution in [0.15, 0.2) is 12.2 Å². The second kappa shape index (κ2) is 11.4. The molecule has 136 valence electrons. The molecule has 0 spiro atoms. The minimum absolute atomic E-state index is 0.00908. The van der Waals surface area contributed by atoms with Gasteiger partial charge in [-0.3, -0.25) is 0 Å². The predicted octanol–water partition coefficient (Wildman–Crippen LogP) is 1.04. The van der Waals surface area contributed by atoms with Crippen LogP contribution in [0.25, 0.3) is 0 Å². The smallest absolute Gasteiger partial charge is 0.407 e. The SMILES string of the molecule is C=C(CNC(=O)OC(C)(C)C)[C@@H](OCOC)[C@@H](CO)OCOC. The number of nitrogens with one attached hydrogen (secondary N) is 1. The van der Waals surface area contributed by atoms with E-state index >= 15 is 0 Å². The Hall–Kier alpha value is -1.19. The monoisotopic (exact) mass is 335 g/mol. The highest BCUT2D eigenvalue weighted by Crippen LogP contribution is 2.13. The van der Waals surface area contributed by atoms with Gasteiger partial charge < -0.3 is 34.1 Å². The molecule has 0 aliphatic rings. The van der Waals surface area contributed by atoms with Crippen LogP contribution in [-0.4, -0.2) is 70.0 Å². The molecule has 0 radical (unpaired) electrons. The molecule has 0 unspecified atom stereocenters. The van der Waals surface area contributed by atoms with Crippen molar-refractivity contribution in [2.75, 3.05) is 41.0 Å². The average Bonchev–Trinajstić information content (AvgIpc) is 2.46. The molecule has 0 bridgehead atoms. The number of hydrogen-bond acceptors (Lipinski definition) is 7. The molecule has 0 saturated carbocycles. The minimum Gasteiger partial charge on any atom is -0.444 e. The number of ether oxygens (including phenoxy) is 5. The molecule has 0 fully saturated rings. The van der Waals surface area contributed by atoms with Crippen molar-refractivity contribution in [3.63, 3.8) is 0 Å². The first-order valence-electron chi connectivity index (χ1n) is 7.21. The number of rotatable bonds is 11. The van der Waals surface area contributed by atoms with Gasteiger partial charge in [-0.05, 0) is 26.3 Å². The molecule has 0 heterocycles. The third kappa shape index (κ3) is 10.2. The molecule has 2 N–H and O–H groups in total.